The number of aliphatic hydroxyl groups is 1. The Morgan fingerprint density at radius 1 is 1.24 bits per heavy atom. The van der Waals surface area contributed by atoms with Crippen LogP contribution in [0.15, 0.2) is 33.0 Å². The zero-order valence-electron chi connectivity index (χ0n) is 17.7. The Morgan fingerprint density at radius 2 is 2.00 bits per heavy atom. The van der Waals surface area contributed by atoms with E-state index in [1.165, 1.54) is 18.1 Å². The van der Waals surface area contributed by atoms with Gasteiger partial charge in [0.25, 0.3) is 0 Å². The third kappa shape index (κ3) is 4.46. The van der Waals surface area contributed by atoms with Gasteiger partial charge in [-0.3, -0.25) is 4.79 Å². The van der Waals surface area contributed by atoms with E-state index in [0.29, 0.717) is 47.5 Å². The monoisotopic (exact) mass is 534 g/mol. The van der Waals surface area contributed by atoms with Gasteiger partial charge in [-0.1, -0.05) is 11.8 Å². The summed E-state index contributed by atoms with van der Waals surface area (Å²) in [5, 5.41) is 9.85. The lowest BCUT2D eigenvalue weighted by Crippen LogP contribution is -2.40. The van der Waals surface area contributed by atoms with Gasteiger partial charge in [-0.2, -0.15) is 0 Å². The first-order valence-electron chi connectivity index (χ1n) is 10.7. The van der Waals surface area contributed by atoms with E-state index >= 15 is 0 Å². The Kier molecular flexibility index (Phi) is 6.30. The molecule has 0 unspecified atom stereocenters. The van der Waals surface area contributed by atoms with Gasteiger partial charge in [0.2, 0.25) is 12.7 Å². The third-order valence-electron chi connectivity index (χ3n) is 6.02. The molecule has 1 saturated heterocycles. The molecule has 0 atom stereocenters. The van der Waals surface area contributed by atoms with Crippen molar-refractivity contribution in [2.24, 2.45) is 5.92 Å². The smallest absolute Gasteiger partial charge is 0.248 e. The van der Waals surface area contributed by atoms with E-state index < -0.39 is 6.61 Å². The number of piperidine rings is 1. The van der Waals surface area contributed by atoms with Crippen LogP contribution in [0.25, 0.3) is 11.2 Å². The molecule has 1 aromatic carbocycles. The molecule has 12 heteroatoms. The summed E-state index contributed by atoms with van der Waals surface area (Å²) < 4.78 is 14.0. The fraction of sp³-hybridized carbons (Fsp3) is 0.429. The van der Waals surface area contributed by atoms with Crippen LogP contribution in [0.1, 0.15) is 19.3 Å². The second-order valence-electron chi connectivity index (χ2n) is 7.99. The predicted octanol–water partition coefficient (Wildman–Crippen LogP) is 2.67. The van der Waals surface area contributed by atoms with Crippen LogP contribution in [0.3, 0.4) is 0 Å². The molecule has 0 aliphatic carbocycles. The summed E-state index contributed by atoms with van der Waals surface area (Å²) in [5.41, 5.74) is 7.38. The van der Waals surface area contributed by atoms with Crippen LogP contribution in [0.4, 0.5) is 5.82 Å². The summed E-state index contributed by atoms with van der Waals surface area (Å²) in [4.78, 5) is 27.7. The number of carbonyl (C=O) groups excluding carboxylic acids is 1. The molecule has 1 amide bonds. The van der Waals surface area contributed by atoms with Crippen molar-refractivity contribution in [2.75, 3.05) is 32.2 Å². The molecule has 2 aliphatic rings. The summed E-state index contributed by atoms with van der Waals surface area (Å²) in [6.07, 6.45) is 4.20. The fourth-order valence-electron chi connectivity index (χ4n) is 4.17. The van der Waals surface area contributed by atoms with Crippen molar-refractivity contribution in [3.8, 4) is 11.5 Å². The van der Waals surface area contributed by atoms with E-state index in [1.807, 2.05) is 12.1 Å². The Bertz CT molecular complexity index is 1200. The number of benzene rings is 1. The number of nitrogens with two attached hydrogens (primary N) is 1. The van der Waals surface area contributed by atoms with E-state index in [4.69, 9.17) is 25.3 Å². The van der Waals surface area contributed by atoms with Gasteiger partial charge in [0, 0.05) is 29.0 Å². The maximum Gasteiger partial charge on any atom is 0.248 e. The SMILES string of the molecule is Nc1ncnc2c1nc(Sc1cc3c(cc1Br)OCO3)n2CCC1CCN(C(=O)CO)CC1. The number of halogens is 1. The van der Waals surface area contributed by atoms with Gasteiger partial charge in [-0.05, 0) is 53.2 Å². The summed E-state index contributed by atoms with van der Waals surface area (Å²) in [6, 6.07) is 3.83. The number of imidazole rings is 1. The van der Waals surface area contributed by atoms with Crippen LogP contribution in [0, 0.1) is 5.92 Å². The van der Waals surface area contributed by atoms with Crippen LogP contribution in [0.2, 0.25) is 0 Å². The van der Waals surface area contributed by atoms with E-state index in [-0.39, 0.29) is 12.7 Å². The number of nitrogen functional groups attached to an aromatic ring is 1. The van der Waals surface area contributed by atoms with Gasteiger partial charge in [-0.15, -0.1) is 0 Å². The quantitative estimate of drug-likeness (QED) is 0.490. The average Bonchev–Trinajstić information content (AvgIpc) is 3.42. The molecule has 2 aromatic heterocycles. The zero-order chi connectivity index (χ0) is 22.9. The highest BCUT2D eigenvalue weighted by atomic mass is 79.9. The van der Waals surface area contributed by atoms with Crippen LogP contribution in [-0.2, 0) is 11.3 Å². The number of hydrogen-bond acceptors (Lipinski definition) is 9. The number of nitrogens with zero attached hydrogens (tertiary/aromatic N) is 5. The minimum absolute atomic E-state index is 0.200. The highest BCUT2D eigenvalue weighted by Gasteiger charge is 2.24. The molecule has 5 rings (SSSR count). The van der Waals surface area contributed by atoms with Crippen LogP contribution < -0.4 is 15.2 Å². The van der Waals surface area contributed by atoms with Gasteiger partial charge in [0.1, 0.15) is 12.9 Å². The molecule has 1 fully saturated rings. The number of ether oxygens (including phenoxy) is 2. The number of anilines is 1. The van der Waals surface area contributed by atoms with Gasteiger partial charge in [-0.25, -0.2) is 15.0 Å². The Morgan fingerprint density at radius 3 is 2.76 bits per heavy atom. The normalized spacial score (nSPS) is 16.0. The molecule has 4 heterocycles. The molecule has 2 aliphatic heterocycles. The Balaban J connectivity index is 1.38. The van der Waals surface area contributed by atoms with E-state index in [2.05, 4.69) is 30.5 Å². The topological polar surface area (TPSA) is 129 Å². The molecular formula is C21H23BrN6O4S. The number of hydrogen-bond donors (Lipinski definition) is 2. The molecule has 0 spiro atoms. The molecule has 174 valence electrons. The summed E-state index contributed by atoms with van der Waals surface area (Å²) in [6.45, 7) is 1.85. The van der Waals surface area contributed by atoms with Crippen LogP contribution in [0.5, 0.6) is 11.5 Å². The molecular weight excluding hydrogens is 512 g/mol. The second kappa shape index (κ2) is 9.35. The lowest BCUT2D eigenvalue weighted by molar-refractivity contribution is -0.135. The number of amides is 1. The largest absolute Gasteiger partial charge is 0.454 e. The summed E-state index contributed by atoms with van der Waals surface area (Å²) in [7, 11) is 0. The van der Waals surface area contributed by atoms with E-state index in [0.717, 1.165) is 40.3 Å². The highest BCUT2D eigenvalue weighted by Crippen LogP contribution is 2.43. The summed E-state index contributed by atoms with van der Waals surface area (Å²) in [5.74, 6) is 2.03. The molecule has 3 aromatic rings. The van der Waals surface area contributed by atoms with E-state index in [9.17, 15) is 4.79 Å². The lowest BCUT2D eigenvalue weighted by atomic mass is 9.93. The van der Waals surface area contributed by atoms with Gasteiger partial charge in [0.15, 0.2) is 33.6 Å². The fourth-order valence-corrected chi connectivity index (χ4v) is 5.68. The number of fused-ring (bicyclic) bond motifs is 2. The van der Waals surface area contributed by atoms with Gasteiger partial charge in [0.05, 0.1) is 0 Å². The first-order chi connectivity index (χ1) is 16.0. The minimum atomic E-state index is -0.428. The first kappa shape index (κ1) is 22.2. The molecule has 10 nitrogen and oxygen atoms in total. The summed E-state index contributed by atoms with van der Waals surface area (Å²) >= 11 is 5.12. The Labute approximate surface area is 202 Å². The first-order valence-corrected chi connectivity index (χ1v) is 12.3. The highest BCUT2D eigenvalue weighted by molar-refractivity contribution is 9.10. The maximum absolute atomic E-state index is 11.7. The van der Waals surface area contributed by atoms with Gasteiger partial charge >= 0.3 is 0 Å². The van der Waals surface area contributed by atoms with E-state index in [1.54, 1.807) is 4.90 Å². The lowest BCUT2D eigenvalue weighted by Gasteiger charge is -2.31. The van der Waals surface area contributed by atoms with Crippen molar-refractivity contribution < 1.29 is 19.4 Å². The van der Waals surface area contributed by atoms with Crippen LogP contribution >= 0.6 is 27.7 Å². The van der Waals surface area contributed by atoms with Crippen molar-refractivity contribution in [2.45, 2.75) is 35.9 Å². The number of carbonyl (C=O) groups is 1. The number of aromatic nitrogens is 4. The molecule has 33 heavy (non-hydrogen) atoms. The maximum atomic E-state index is 11.7. The van der Waals surface area contributed by atoms with Crippen molar-refractivity contribution >= 4 is 50.6 Å². The van der Waals surface area contributed by atoms with Gasteiger partial charge < -0.3 is 29.8 Å². The Hall–Kier alpha value is -2.57. The number of aryl methyl sites for hydroxylation is 1. The minimum Gasteiger partial charge on any atom is -0.454 e. The second-order valence-corrected chi connectivity index (χ2v) is 9.85. The average molecular weight is 535 g/mol. The van der Waals surface area contributed by atoms with Crippen LogP contribution in [-0.4, -0.2) is 61.9 Å². The number of rotatable bonds is 6. The molecule has 3 N–H and O–H groups in total. The molecule has 0 bridgehead atoms. The van der Waals surface area contributed by atoms with Crippen molar-refractivity contribution in [1.29, 1.82) is 0 Å². The predicted molar refractivity (Wildman–Crippen MR) is 125 cm³/mol. The van der Waals surface area contributed by atoms with Crippen molar-refractivity contribution in [1.82, 2.24) is 24.4 Å². The molecule has 0 radical (unpaired) electrons. The number of aliphatic hydroxyl groups excluding tert-OH is 1. The zero-order valence-corrected chi connectivity index (χ0v) is 20.1. The standard InChI is InChI=1S/C21H23BrN6O4S/c22-13-7-14-15(32-11-31-14)8-16(13)33-21-26-18-19(23)24-10-25-20(18)28(21)6-3-12-1-4-27(5-2-12)17(30)9-29/h7-8,10,12,29H,1-6,9,11H2,(H2,23,24,25). The molecule has 0 saturated carbocycles. The number of likely N-dealkylation sites (tertiary alicyclic amines) is 1. The third-order valence-corrected chi connectivity index (χ3v) is 7.99. The van der Waals surface area contributed by atoms with Crippen molar-refractivity contribution in [3.63, 3.8) is 0 Å². The van der Waals surface area contributed by atoms with Crippen molar-refractivity contribution in [3.05, 3.63) is 22.9 Å².